The molecule has 0 aliphatic carbocycles. The Labute approximate surface area is 132 Å². The molecule has 21 heavy (non-hydrogen) atoms. The largest absolute Gasteiger partial charge is 0.345 e. The Hall–Kier alpha value is -1.86. The van der Waals surface area contributed by atoms with Gasteiger partial charge in [-0.3, -0.25) is 4.79 Å². The van der Waals surface area contributed by atoms with Crippen LogP contribution >= 0.6 is 27.3 Å². The molecule has 3 rings (SSSR count). The molecule has 0 saturated carbocycles. The lowest BCUT2D eigenvalue weighted by Gasteiger charge is -2.13. The summed E-state index contributed by atoms with van der Waals surface area (Å²) in [6, 6.07) is 9.06. The standard InChI is InChI=1S/C14H12BrN3O2S/c1-7(16-13(19)11-4-5-12(15)21-11)8-2-3-9-10(6-8)18-14(20)17-9/h2-7H,1H3,(H,16,19)(H2,17,18,20). The number of rotatable bonds is 3. The number of halogens is 1. The predicted octanol–water partition coefficient (Wildman–Crippen LogP) is 3.17. The van der Waals surface area contributed by atoms with Crippen molar-refractivity contribution in [3.63, 3.8) is 0 Å². The highest BCUT2D eigenvalue weighted by atomic mass is 79.9. The number of benzene rings is 1. The number of fused-ring (bicyclic) bond motifs is 1. The molecule has 0 spiro atoms. The number of hydrogen-bond acceptors (Lipinski definition) is 3. The van der Waals surface area contributed by atoms with E-state index >= 15 is 0 Å². The van der Waals surface area contributed by atoms with Crippen LogP contribution in [0.4, 0.5) is 0 Å². The zero-order valence-corrected chi connectivity index (χ0v) is 13.5. The van der Waals surface area contributed by atoms with Gasteiger partial charge in [0, 0.05) is 0 Å². The third-order valence-electron chi connectivity index (χ3n) is 3.18. The van der Waals surface area contributed by atoms with E-state index in [0.29, 0.717) is 4.88 Å². The summed E-state index contributed by atoms with van der Waals surface area (Å²) >= 11 is 4.73. The molecule has 1 aromatic carbocycles. The van der Waals surface area contributed by atoms with Crippen molar-refractivity contribution >= 4 is 44.2 Å². The second kappa shape index (κ2) is 5.50. The number of carbonyl (C=O) groups is 1. The minimum absolute atomic E-state index is 0.110. The van der Waals surface area contributed by atoms with E-state index in [1.54, 1.807) is 6.07 Å². The van der Waals surface area contributed by atoms with Crippen LogP contribution < -0.4 is 11.0 Å². The molecule has 0 aliphatic rings. The first-order chi connectivity index (χ1) is 10.0. The van der Waals surface area contributed by atoms with Crippen LogP contribution in [-0.2, 0) is 0 Å². The maximum Gasteiger partial charge on any atom is 0.323 e. The van der Waals surface area contributed by atoms with Crippen LogP contribution in [0.1, 0.15) is 28.2 Å². The lowest BCUT2D eigenvalue weighted by Crippen LogP contribution is -2.25. The number of aromatic nitrogens is 2. The minimum atomic E-state index is -0.234. The third kappa shape index (κ3) is 2.93. The van der Waals surface area contributed by atoms with Gasteiger partial charge in [-0.05, 0) is 52.7 Å². The van der Waals surface area contributed by atoms with E-state index in [1.807, 2.05) is 31.2 Å². The van der Waals surface area contributed by atoms with Gasteiger partial charge in [0.1, 0.15) is 0 Å². The highest BCUT2D eigenvalue weighted by Gasteiger charge is 2.14. The Balaban J connectivity index is 1.81. The molecule has 3 N–H and O–H groups in total. The van der Waals surface area contributed by atoms with Gasteiger partial charge in [0.05, 0.1) is 25.7 Å². The summed E-state index contributed by atoms with van der Waals surface area (Å²) in [5.41, 5.74) is 2.19. The number of carbonyl (C=O) groups excluding carboxylic acids is 1. The topological polar surface area (TPSA) is 77.8 Å². The van der Waals surface area contributed by atoms with Gasteiger partial charge in [0.15, 0.2) is 0 Å². The van der Waals surface area contributed by atoms with Crippen LogP contribution in [0.2, 0.25) is 0 Å². The Morgan fingerprint density at radius 3 is 2.71 bits per heavy atom. The highest BCUT2D eigenvalue weighted by Crippen LogP contribution is 2.23. The number of imidazole rings is 1. The highest BCUT2D eigenvalue weighted by molar-refractivity contribution is 9.11. The fourth-order valence-corrected chi connectivity index (χ4v) is 3.40. The zero-order valence-electron chi connectivity index (χ0n) is 11.1. The van der Waals surface area contributed by atoms with Gasteiger partial charge in [0.2, 0.25) is 0 Å². The molecule has 5 nitrogen and oxygen atoms in total. The fourth-order valence-electron chi connectivity index (χ4n) is 2.11. The molecule has 0 saturated heterocycles. The van der Waals surface area contributed by atoms with Crippen molar-refractivity contribution < 1.29 is 4.79 Å². The van der Waals surface area contributed by atoms with Crippen LogP contribution in [0.25, 0.3) is 11.0 Å². The summed E-state index contributed by atoms with van der Waals surface area (Å²) in [5, 5.41) is 2.95. The van der Waals surface area contributed by atoms with Crippen molar-refractivity contribution in [1.82, 2.24) is 15.3 Å². The fraction of sp³-hybridized carbons (Fsp3) is 0.143. The van der Waals surface area contributed by atoms with Crippen molar-refractivity contribution in [2.75, 3.05) is 0 Å². The normalized spacial score (nSPS) is 12.5. The molecular formula is C14H12BrN3O2S. The molecule has 7 heteroatoms. The quantitative estimate of drug-likeness (QED) is 0.666. The summed E-state index contributed by atoms with van der Waals surface area (Å²) in [4.78, 5) is 29.4. The summed E-state index contributed by atoms with van der Waals surface area (Å²) in [5.74, 6) is -0.110. The number of amides is 1. The van der Waals surface area contributed by atoms with Crippen molar-refractivity contribution in [1.29, 1.82) is 0 Å². The third-order valence-corrected chi connectivity index (χ3v) is 4.81. The molecule has 3 aromatic rings. The number of nitrogens with one attached hydrogen (secondary N) is 3. The average molecular weight is 366 g/mol. The first-order valence-corrected chi connectivity index (χ1v) is 7.92. The van der Waals surface area contributed by atoms with E-state index < -0.39 is 0 Å². The molecule has 0 radical (unpaired) electrons. The van der Waals surface area contributed by atoms with Gasteiger partial charge < -0.3 is 15.3 Å². The van der Waals surface area contributed by atoms with Crippen LogP contribution in [0.15, 0.2) is 38.9 Å². The van der Waals surface area contributed by atoms with E-state index in [-0.39, 0.29) is 17.6 Å². The number of aromatic amines is 2. The van der Waals surface area contributed by atoms with Crippen molar-refractivity contribution in [3.05, 3.63) is 55.0 Å². The molecule has 2 aromatic heterocycles. The Bertz CT molecular complexity index is 864. The van der Waals surface area contributed by atoms with E-state index in [1.165, 1.54) is 11.3 Å². The van der Waals surface area contributed by atoms with Crippen LogP contribution in [0.5, 0.6) is 0 Å². The average Bonchev–Trinajstić information content (AvgIpc) is 3.02. The lowest BCUT2D eigenvalue weighted by molar-refractivity contribution is 0.0944. The predicted molar refractivity (Wildman–Crippen MR) is 86.8 cm³/mol. The van der Waals surface area contributed by atoms with Gasteiger partial charge in [0.25, 0.3) is 5.91 Å². The summed E-state index contributed by atoms with van der Waals surface area (Å²) in [6.07, 6.45) is 0. The Morgan fingerprint density at radius 1 is 1.24 bits per heavy atom. The second-order valence-corrected chi connectivity index (χ2v) is 7.15. The molecule has 108 valence electrons. The number of hydrogen-bond donors (Lipinski definition) is 3. The first-order valence-electron chi connectivity index (χ1n) is 6.31. The molecule has 0 bridgehead atoms. The smallest absolute Gasteiger partial charge is 0.323 e. The SMILES string of the molecule is CC(NC(=O)c1ccc(Br)s1)c1ccc2[nH]c(=O)[nH]c2c1. The zero-order chi connectivity index (χ0) is 15.0. The van der Waals surface area contributed by atoms with E-state index in [4.69, 9.17) is 0 Å². The molecule has 0 aliphatic heterocycles. The Kier molecular flexibility index (Phi) is 3.69. The van der Waals surface area contributed by atoms with Crippen LogP contribution in [-0.4, -0.2) is 15.9 Å². The minimum Gasteiger partial charge on any atom is -0.345 e. The van der Waals surface area contributed by atoms with Gasteiger partial charge >= 0.3 is 5.69 Å². The molecule has 2 heterocycles. The molecular weight excluding hydrogens is 354 g/mol. The molecule has 0 fully saturated rings. The molecule has 1 unspecified atom stereocenters. The van der Waals surface area contributed by atoms with Gasteiger partial charge in [-0.1, -0.05) is 6.07 Å². The van der Waals surface area contributed by atoms with Gasteiger partial charge in [-0.25, -0.2) is 4.79 Å². The van der Waals surface area contributed by atoms with Crippen molar-refractivity contribution in [2.24, 2.45) is 0 Å². The molecule has 1 amide bonds. The van der Waals surface area contributed by atoms with Crippen molar-refractivity contribution in [2.45, 2.75) is 13.0 Å². The van der Waals surface area contributed by atoms with Gasteiger partial charge in [-0.2, -0.15) is 0 Å². The maximum atomic E-state index is 12.1. The van der Waals surface area contributed by atoms with E-state index in [2.05, 4.69) is 31.2 Å². The van der Waals surface area contributed by atoms with E-state index in [0.717, 1.165) is 20.4 Å². The lowest BCUT2D eigenvalue weighted by atomic mass is 10.1. The maximum absolute atomic E-state index is 12.1. The van der Waals surface area contributed by atoms with Gasteiger partial charge in [-0.15, -0.1) is 11.3 Å². The monoisotopic (exact) mass is 365 g/mol. The van der Waals surface area contributed by atoms with Crippen molar-refractivity contribution in [3.8, 4) is 0 Å². The van der Waals surface area contributed by atoms with Crippen LogP contribution in [0, 0.1) is 0 Å². The van der Waals surface area contributed by atoms with E-state index in [9.17, 15) is 9.59 Å². The second-order valence-electron chi connectivity index (χ2n) is 4.68. The van der Waals surface area contributed by atoms with Crippen LogP contribution in [0.3, 0.4) is 0 Å². The summed E-state index contributed by atoms with van der Waals surface area (Å²) < 4.78 is 0.923. The molecule has 1 atom stereocenters. The summed E-state index contributed by atoms with van der Waals surface area (Å²) in [7, 11) is 0. The number of H-pyrrole nitrogens is 2. The first kappa shape index (κ1) is 14.1. The number of thiophene rings is 1. The Morgan fingerprint density at radius 2 is 2.00 bits per heavy atom. The summed E-state index contributed by atoms with van der Waals surface area (Å²) in [6.45, 7) is 1.91.